The summed E-state index contributed by atoms with van der Waals surface area (Å²) in [6.45, 7) is 1.83. The van der Waals surface area contributed by atoms with Crippen molar-refractivity contribution >= 4 is 21.0 Å². The van der Waals surface area contributed by atoms with Crippen LogP contribution in [0.25, 0.3) is 0 Å². The molecule has 0 spiro atoms. The van der Waals surface area contributed by atoms with E-state index in [1.165, 1.54) is 6.33 Å². The number of aromatic nitrogens is 3. The van der Waals surface area contributed by atoms with Gasteiger partial charge in [0.25, 0.3) is 0 Å². The van der Waals surface area contributed by atoms with Gasteiger partial charge in [0.2, 0.25) is 16.3 Å². The lowest BCUT2D eigenvalue weighted by molar-refractivity contribution is 1.01. The van der Waals surface area contributed by atoms with E-state index in [9.17, 15) is 0 Å². The Morgan fingerprint density at radius 2 is 2.25 bits per heavy atom. The van der Waals surface area contributed by atoms with Gasteiger partial charge in [-0.05, 0) is 6.92 Å². The summed E-state index contributed by atoms with van der Waals surface area (Å²) in [5, 5.41) is 0. The summed E-state index contributed by atoms with van der Waals surface area (Å²) in [5.74, 6) is 0.755. The second-order valence-electron chi connectivity index (χ2n) is 1.39. The average molecular weight is 121 g/mol. The molecule has 0 atom stereocenters. The smallest absolute Gasteiger partial charge is 0.244 e. The van der Waals surface area contributed by atoms with Gasteiger partial charge in [-0.25, -0.2) is 15.0 Å². The molecule has 1 rings (SSSR count). The van der Waals surface area contributed by atoms with Gasteiger partial charge in [-0.15, -0.1) is 0 Å². The first-order chi connectivity index (χ1) is 3.79. The lowest BCUT2D eigenvalue weighted by Gasteiger charge is -1.89. The fourth-order valence-electron chi connectivity index (χ4n) is 0.395. The summed E-state index contributed by atoms with van der Waals surface area (Å²) in [6, 6.07) is 0. The van der Waals surface area contributed by atoms with Gasteiger partial charge in [-0.1, -0.05) is 0 Å². The molecule has 0 aliphatic heterocycles. The third-order valence-electron chi connectivity index (χ3n) is 0.711. The highest BCUT2D eigenvalue weighted by atomic mass is 27.0. The predicted octanol–water partition coefficient (Wildman–Crippen LogP) is -1.03. The molecule has 1 aromatic heterocycles. The molecule has 1 heterocycles. The maximum Gasteiger partial charge on any atom is 0.244 e. The van der Waals surface area contributed by atoms with Crippen LogP contribution in [0.2, 0.25) is 0 Å². The molecule has 3 nitrogen and oxygen atoms in total. The molecule has 0 fully saturated rings. The van der Waals surface area contributed by atoms with Crippen molar-refractivity contribution in [2.24, 2.45) is 0 Å². The molecule has 0 N–H and O–H groups in total. The zero-order valence-corrected chi connectivity index (χ0v) is 5.65. The van der Waals surface area contributed by atoms with Gasteiger partial charge in [0.15, 0.2) is 0 Å². The van der Waals surface area contributed by atoms with Gasteiger partial charge in [0.1, 0.15) is 12.2 Å². The molecule has 4 heteroatoms. The summed E-state index contributed by atoms with van der Waals surface area (Å²) in [6.07, 6.45) is 1.49. The van der Waals surface area contributed by atoms with Gasteiger partial charge >= 0.3 is 0 Å². The Hall–Kier alpha value is -0.458. The van der Waals surface area contributed by atoms with Gasteiger partial charge < -0.3 is 0 Å². The van der Waals surface area contributed by atoms with Crippen LogP contribution >= 0.6 is 0 Å². The van der Waals surface area contributed by atoms with Gasteiger partial charge in [-0.2, -0.15) is 0 Å². The Labute approximate surface area is 55.6 Å². The maximum absolute atomic E-state index is 3.91. The van der Waals surface area contributed by atoms with Gasteiger partial charge in [0.05, 0.1) is 0 Å². The zero-order chi connectivity index (χ0) is 5.98. The van der Waals surface area contributed by atoms with Crippen molar-refractivity contribution in [1.29, 1.82) is 0 Å². The Morgan fingerprint density at radius 3 is 2.62 bits per heavy atom. The minimum absolute atomic E-state index is 0.692. The third-order valence-corrected chi connectivity index (χ3v) is 0.989. The molecule has 38 valence electrons. The lowest BCUT2D eigenvalue weighted by atomic mass is 10.7. The molecule has 1 aromatic rings. The molecule has 0 bridgehead atoms. The minimum Gasteiger partial charge on any atom is -0.244 e. The van der Waals surface area contributed by atoms with E-state index in [-0.39, 0.29) is 0 Å². The molecule has 0 aliphatic carbocycles. The second kappa shape index (κ2) is 2.21. The van der Waals surface area contributed by atoms with Gasteiger partial charge in [0, 0.05) is 4.69 Å². The quantitative estimate of drug-likeness (QED) is 0.412. The summed E-state index contributed by atoms with van der Waals surface area (Å²) in [7, 11) is 0. The normalized spacial score (nSPS) is 9.12. The SMILES string of the molecule is Cc1ncn[c]([Al])n1. The van der Waals surface area contributed by atoms with Crippen molar-refractivity contribution in [2.45, 2.75) is 6.92 Å². The Balaban J connectivity index is 3.08. The van der Waals surface area contributed by atoms with Crippen LogP contribution in [0.4, 0.5) is 0 Å². The largest absolute Gasteiger partial charge is 0.244 e. The monoisotopic (exact) mass is 121 g/mol. The van der Waals surface area contributed by atoms with Crippen molar-refractivity contribution < 1.29 is 0 Å². The van der Waals surface area contributed by atoms with Crippen LogP contribution in [0.3, 0.4) is 0 Å². The summed E-state index contributed by atoms with van der Waals surface area (Å²) in [4.78, 5) is 11.5. The van der Waals surface area contributed by atoms with E-state index in [2.05, 4.69) is 31.2 Å². The van der Waals surface area contributed by atoms with Crippen molar-refractivity contribution in [3.63, 3.8) is 0 Å². The summed E-state index contributed by atoms with van der Waals surface area (Å²) < 4.78 is 0.692. The highest BCUT2D eigenvalue weighted by molar-refractivity contribution is 6.28. The van der Waals surface area contributed by atoms with Crippen LogP contribution in [-0.2, 0) is 0 Å². The second-order valence-corrected chi connectivity index (χ2v) is 1.91. The van der Waals surface area contributed by atoms with Crippen LogP contribution in [0.1, 0.15) is 5.82 Å². The predicted molar refractivity (Wildman–Crippen MR) is 30.0 cm³/mol. The van der Waals surface area contributed by atoms with E-state index in [1.54, 1.807) is 0 Å². The molecule has 0 amide bonds. The van der Waals surface area contributed by atoms with Crippen molar-refractivity contribution in [1.82, 2.24) is 15.0 Å². The lowest BCUT2D eigenvalue weighted by Crippen LogP contribution is -2.14. The average Bonchev–Trinajstić information content (AvgIpc) is 1.64. The van der Waals surface area contributed by atoms with Crippen LogP contribution in [-0.4, -0.2) is 31.2 Å². The van der Waals surface area contributed by atoms with E-state index >= 15 is 0 Å². The van der Waals surface area contributed by atoms with E-state index in [1.807, 2.05) is 6.92 Å². The standard InChI is InChI=1S/C4H4N3.Al/c1-4-6-2-5-3-7-4;/h2H,1H3;. The first-order valence-electron chi connectivity index (χ1n) is 2.20. The highest BCUT2D eigenvalue weighted by Gasteiger charge is 1.83. The zero-order valence-electron chi connectivity index (χ0n) is 4.50. The first kappa shape index (κ1) is 5.68. The Morgan fingerprint density at radius 1 is 1.50 bits per heavy atom. The number of rotatable bonds is 0. The minimum atomic E-state index is 0.692. The molecule has 0 aromatic carbocycles. The van der Waals surface area contributed by atoms with Crippen molar-refractivity contribution in [3.05, 3.63) is 12.2 Å². The Kier molecular flexibility index (Phi) is 1.57. The van der Waals surface area contributed by atoms with Gasteiger partial charge in [-0.3, -0.25) is 0 Å². The van der Waals surface area contributed by atoms with E-state index in [4.69, 9.17) is 0 Å². The molecule has 2 radical (unpaired) electrons. The fourth-order valence-corrected chi connectivity index (χ4v) is 0.649. The number of hydrogen-bond acceptors (Lipinski definition) is 3. The van der Waals surface area contributed by atoms with Crippen LogP contribution in [0.5, 0.6) is 0 Å². The molecule has 8 heavy (non-hydrogen) atoms. The van der Waals surface area contributed by atoms with Crippen molar-refractivity contribution in [3.8, 4) is 0 Å². The summed E-state index contributed by atoms with van der Waals surface area (Å²) >= 11 is 2.40. The van der Waals surface area contributed by atoms with Crippen molar-refractivity contribution in [2.75, 3.05) is 0 Å². The molecule has 0 aliphatic rings. The van der Waals surface area contributed by atoms with Crippen LogP contribution in [0, 0.1) is 6.92 Å². The summed E-state index contributed by atoms with van der Waals surface area (Å²) in [5.41, 5.74) is 0. The van der Waals surface area contributed by atoms with E-state index in [0.717, 1.165) is 5.82 Å². The fraction of sp³-hybridized carbons (Fsp3) is 0.250. The highest BCUT2D eigenvalue weighted by Crippen LogP contribution is 1.72. The molecular formula is C4H4AlN3. The van der Waals surface area contributed by atoms with E-state index in [0.29, 0.717) is 4.69 Å². The van der Waals surface area contributed by atoms with Crippen LogP contribution in [0.15, 0.2) is 6.33 Å². The topological polar surface area (TPSA) is 38.7 Å². The first-order valence-corrected chi connectivity index (χ1v) is 2.78. The Bertz CT molecular complexity index is 171. The number of nitrogens with zero attached hydrogens (tertiary/aromatic N) is 3. The molecule has 0 saturated heterocycles. The molecule has 0 unspecified atom stereocenters. The molecule has 0 saturated carbocycles. The molecular weight excluding hydrogens is 117 g/mol. The maximum atomic E-state index is 3.91. The number of hydrogen-bond donors (Lipinski definition) is 0. The van der Waals surface area contributed by atoms with Crippen LogP contribution < -0.4 is 4.69 Å². The third kappa shape index (κ3) is 1.26. The number of aryl methyl sites for hydroxylation is 1. The van der Waals surface area contributed by atoms with E-state index < -0.39 is 0 Å².